The lowest BCUT2D eigenvalue weighted by Gasteiger charge is -2.26. The molecule has 1 N–H and O–H groups in total. The predicted octanol–water partition coefficient (Wildman–Crippen LogP) is 6.09. The number of methoxy groups -OCH3 is 1. The van der Waals surface area contributed by atoms with Crippen LogP contribution in [-0.4, -0.2) is 22.1 Å². The topological polar surface area (TPSA) is 93.7 Å². The molecular formula is C25H19ClN4O4S. The van der Waals surface area contributed by atoms with Crippen LogP contribution in [0.5, 0.6) is 5.75 Å². The minimum absolute atomic E-state index is 0.0631. The predicted molar refractivity (Wildman–Crippen MR) is 137 cm³/mol. The van der Waals surface area contributed by atoms with Gasteiger partial charge in [-0.25, -0.2) is 0 Å². The van der Waals surface area contributed by atoms with Gasteiger partial charge in [0, 0.05) is 23.0 Å². The molecule has 3 heterocycles. The zero-order valence-corrected chi connectivity index (χ0v) is 20.0. The minimum atomic E-state index is -0.466. The fraction of sp³-hybridized carbons (Fsp3) is 0.120. The summed E-state index contributed by atoms with van der Waals surface area (Å²) in [6, 6.07) is 20.6. The summed E-state index contributed by atoms with van der Waals surface area (Å²) in [5.74, 6) is 1.50. The van der Waals surface area contributed by atoms with E-state index in [0.717, 1.165) is 11.4 Å². The van der Waals surface area contributed by atoms with Crippen LogP contribution < -0.4 is 15.0 Å². The summed E-state index contributed by atoms with van der Waals surface area (Å²) in [7, 11) is 1.46. The third kappa shape index (κ3) is 4.31. The molecular weight excluding hydrogens is 488 g/mol. The van der Waals surface area contributed by atoms with E-state index in [1.54, 1.807) is 24.4 Å². The van der Waals surface area contributed by atoms with Crippen LogP contribution in [0.15, 0.2) is 83.4 Å². The van der Waals surface area contributed by atoms with Gasteiger partial charge in [-0.15, -0.1) is 0 Å². The van der Waals surface area contributed by atoms with Crippen molar-refractivity contribution in [2.24, 2.45) is 0 Å². The van der Waals surface area contributed by atoms with E-state index in [1.807, 2.05) is 47.4 Å². The van der Waals surface area contributed by atoms with Crippen molar-refractivity contribution in [3.05, 3.63) is 106 Å². The van der Waals surface area contributed by atoms with Gasteiger partial charge >= 0.3 is 0 Å². The van der Waals surface area contributed by atoms with E-state index >= 15 is 0 Å². The largest absolute Gasteiger partial charge is 0.496 e. The molecule has 1 aliphatic rings. The van der Waals surface area contributed by atoms with E-state index in [4.69, 9.17) is 33.0 Å². The van der Waals surface area contributed by atoms with E-state index < -0.39 is 4.92 Å². The van der Waals surface area contributed by atoms with Crippen LogP contribution >= 0.6 is 23.8 Å². The van der Waals surface area contributed by atoms with Gasteiger partial charge in [0.1, 0.15) is 23.3 Å². The van der Waals surface area contributed by atoms with E-state index in [1.165, 1.54) is 19.2 Å². The highest BCUT2D eigenvalue weighted by molar-refractivity contribution is 7.80. The van der Waals surface area contributed by atoms with Crippen LogP contribution in [0.2, 0.25) is 5.02 Å². The molecule has 1 aliphatic heterocycles. The van der Waals surface area contributed by atoms with Crippen LogP contribution in [0.4, 0.5) is 11.4 Å². The standard InChI is InChI=1S/C25H19ClN4O4S/c1-33-22-14-17(30(31)32)9-10-18(22)20-11-12-21(34-20)24-23(19-4-2-3-13-27-19)28-25(35)29(24)16-7-5-15(26)6-8-16/h2-14,23-24H,1H3,(H,28,35)/t23-,24-/m1/s1. The van der Waals surface area contributed by atoms with Crippen molar-refractivity contribution in [3.63, 3.8) is 0 Å². The van der Waals surface area contributed by atoms with Gasteiger partial charge in [0.2, 0.25) is 0 Å². The van der Waals surface area contributed by atoms with Crippen molar-refractivity contribution >= 4 is 40.3 Å². The van der Waals surface area contributed by atoms with Crippen LogP contribution in [0.1, 0.15) is 23.5 Å². The molecule has 2 aromatic heterocycles. The molecule has 0 saturated carbocycles. The van der Waals surface area contributed by atoms with Gasteiger partial charge in [-0.05, 0) is 66.8 Å². The number of hydrogen-bond donors (Lipinski definition) is 1. The van der Waals surface area contributed by atoms with Gasteiger partial charge in [-0.1, -0.05) is 17.7 Å². The maximum Gasteiger partial charge on any atom is 0.273 e. The number of nitrogens with one attached hydrogen (secondary N) is 1. The number of thiocarbonyl (C=S) groups is 1. The molecule has 176 valence electrons. The van der Waals surface area contributed by atoms with Crippen molar-refractivity contribution < 1.29 is 14.1 Å². The molecule has 0 spiro atoms. The average molecular weight is 507 g/mol. The highest BCUT2D eigenvalue weighted by Gasteiger charge is 2.42. The maximum atomic E-state index is 11.2. The highest BCUT2D eigenvalue weighted by atomic mass is 35.5. The number of nitrogens with zero attached hydrogens (tertiary/aromatic N) is 3. The smallest absolute Gasteiger partial charge is 0.273 e. The minimum Gasteiger partial charge on any atom is -0.496 e. The number of ether oxygens (including phenoxy) is 1. The second kappa shape index (κ2) is 9.36. The first-order chi connectivity index (χ1) is 17.0. The van der Waals surface area contributed by atoms with E-state index in [0.29, 0.717) is 33.0 Å². The summed E-state index contributed by atoms with van der Waals surface area (Å²) in [6.07, 6.45) is 1.73. The molecule has 0 unspecified atom stereocenters. The van der Waals surface area contributed by atoms with Gasteiger partial charge < -0.3 is 19.4 Å². The lowest BCUT2D eigenvalue weighted by Crippen LogP contribution is -2.29. The van der Waals surface area contributed by atoms with Crippen LogP contribution in [0.3, 0.4) is 0 Å². The monoisotopic (exact) mass is 506 g/mol. The number of benzene rings is 2. The Kier molecular flexibility index (Phi) is 6.10. The van der Waals surface area contributed by atoms with Crippen molar-refractivity contribution in [1.82, 2.24) is 10.3 Å². The molecule has 2 atom stereocenters. The first-order valence-corrected chi connectivity index (χ1v) is 11.4. The summed E-state index contributed by atoms with van der Waals surface area (Å²) < 4.78 is 11.7. The lowest BCUT2D eigenvalue weighted by atomic mass is 10.0. The van der Waals surface area contributed by atoms with Gasteiger partial charge in [0.05, 0.1) is 35.4 Å². The van der Waals surface area contributed by atoms with E-state index in [9.17, 15) is 10.1 Å². The van der Waals surface area contributed by atoms with E-state index in [2.05, 4.69) is 10.3 Å². The number of rotatable bonds is 6. The Morgan fingerprint density at radius 1 is 1.14 bits per heavy atom. The molecule has 4 aromatic rings. The summed E-state index contributed by atoms with van der Waals surface area (Å²) >= 11 is 11.8. The molecule has 0 amide bonds. The van der Waals surface area contributed by atoms with Gasteiger partial charge in [0.25, 0.3) is 5.69 Å². The first-order valence-electron chi connectivity index (χ1n) is 10.6. The quantitative estimate of drug-likeness (QED) is 0.191. The van der Waals surface area contributed by atoms with Crippen molar-refractivity contribution in [2.45, 2.75) is 12.1 Å². The SMILES string of the molecule is COc1cc([N+](=O)[O-])ccc1-c1ccc([C@@H]2[C@@H](c3ccccn3)NC(=S)N2c2ccc(Cl)cc2)o1. The lowest BCUT2D eigenvalue weighted by molar-refractivity contribution is -0.384. The molecule has 35 heavy (non-hydrogen) atoms. The summed E-state index contributed by atoms with van der Waals surface area (Å²) in [5.41, 5.74) is 2.19. The Labute approximate surface area is 211 Å². The number of non-ortho nitro benzene ring substituents is 1. The molecule has 0 bridgehead atoms. The zero-order chi connectivity index (χ0) is 24.5. The normalized spacial score (nSPS) is 17.3. The molecule has 1 saturated heterocycles. The third-order valence-electron chi connectivity index (χ3n) is 5.78. The molecule has 1 fully saturated rings. The molecule has 2 aromatic carbocycles. The summed E-state index contributed by atoms with van der Waals surface area (Å²) in [6.45, 7) is 0. The Hall–Kier alpha value is -3.95. The molecule has 0 radical (unpaired) electrons. The van der Waals surface area contributed by atoms with Gasteiger partial charge in [-0.3, -0.25) is 15.1 Å². The fourth-order valence-electron chi connectivity index (χ4n) is 4.18. The Bertz CT molecular complexity index is 1390. The number of halogens is 1. The van der Waals surface area contributed by atoms with Gasteiger partial charge in [-0.2, -0.15) is 0 Å². The number of nitro benzene ring substituents is 1. The van der Waals surface area contributed by atoms with Gasteiger partial charge in [0.15, 0.2) is 5.11 Å². The second-order valence-electron chi connectivity index (χ2n) is 7.82. The maximum absolute atomic E-state index is 11.2. The van der Waals surface area contributed by atoms with Crippen molar-refractivity contribution in [2.75, 3.05) is 12.0 Å². The molecule has 8 nitrogen and oxygen atoms in total. The molecule has 0 aliphatic carbocycles. The van der Waals surface area contributed by atoms with E-state index in [-0.39, 0.29) is 17.8 Å². The number of furan rings is 1. The van der Waals surface area contributed by atoms with Crippen molar-refractivity contribution in [1.29, 1.82) is 0 Å². The number of hydrogen-bond acceptors (Lipinski definition) is 6. The van der Waals surface area contributed by atoms with Crippen LogP contribution in [-0.2, 0) is 0 Å². The fourth-order valence-corrected chi connectivity index (χ4v) is 4.65. The number of nitro groups is 1. The van der Waals surface area contributed by atoms with Crippen LogP contribution in [0.25, 0.3) is 11.3 Å². The summed E-state index contributed by atoms with van der Waals surface area (Å²) in [4.78, 5) is 17.2. The second-order valence-corrected chi connectivity index (χ2v) is 8.64. The highest BCUT2D eigenvalue weighted by Crippen LogP contribution is 2.44. The molecule has 5 rings (SSSR count). The third-order valence-corrected chi connectivity index (χ3v) is 6.35. The molecule has 10 heteroatoms. The average Bonchev–Trinajstić information content (AvgIpc) is 3.49. The number of pyridine rings is 1. The Morgan fingerprint density at radius 3 is 2.63 bits per heavy atom. The Balaban J connectivity index is 1.59. The van der Waals surface area contributed by atoms with Crippen molar-refractivity contribution in [3.8, 4) is 17.1 Å². The Morgan fingerprint density at radius 2 is 1.94 bits per heavy atom. The zero-order valence-electron chi connectivity index (χ0n) is 18.4. The number of aromatic nitrogens is 1. The first kappa shape index (κ1) is 22.8. The summed E-state index contributed by atoms with van der Waals surface area (Å²) in [5, 5.41) is 15.7. The van der Waals surface area contributed by atoms with Crippen LogP contribution in [0, 0.1) is 10.1 Å². The number of anilines is 1.